The van der Waals surface area contributed by atoms with Gasteiger partial charge in [0.15, 0.2) is 0 Å². The van der Waals surface area contributed by atoms with E-state index < -0.39 is 11.9 Å². The van der Waals surface area contributed by atoms with Crippen molar-refractivity contribution in [1.29, 1.82) is 0 Å². The molecule has 0 spiro atoms. The van der Waals surface area contributed by atoms with Crippen LogP contribution in [0.3, 0.4) is 0 Å². The van der Waals surface area contributed by atoms with E-state index in [0.717, 1.165) is 32.6 Å². The lowest BCUT2D eigenvalue weighted by molar-refractivity contribution is -0.140. The average molecular weight is 267 g/mol. The molecule has 2 atom stereocenters. The van der Waals surface area contributed by atoms with E-state index in [1.807, 2.05) is 0 Å². The van der Waals surface area contributed by atoms with Gasteiger partial charge in [-0.3, -0.25) is 14.5 Å². The Kier molecular flexibility index (Phi) is 4.93. The molecule has 2 unspecified atom stereocenters. The maximum absolute atomic E-state index is 11.9. The summed E-state index contributed by atoms with van der Waals surface area (Å²) in [6.45, 7) is 4.12. The van der Waals surface area contributed by atoms with Crippen molar-refractivity contribution in [3.05, 3.63) is 12.2 Å². The third-order valence-electron chi connectivity index (χ3n) is 3.55. The molecule has 106 valence electrons. The number of hydrogen-bond donors (Lipinski definition) is 3. The molecule has 1 aliphatic heterocycles. The van der Waals surface area contributed by atoms with E-state index in [1.54, 1.807) is 12.2 Å². The first kappa shape index (κ1) is 14.0. The monoisotopic (exact) mass is 267 g/mol. The van der Waals surface area contributed by atoms with Gasteiger partial charge in [-0.2, -0.15) is 0 Å². The molecule has 0 aromatic heterocycles. The Morgan fingerprint density at radius 3 is 2.89 bits per heavy atom. The summed E-state index contributed by atoms with van der Waals surface area (Å²) in [5.41, 5.74) is 0. The van der Waals surface area contributed by atoms with E-state index in [1.165, 1.54) is 0 Å². The van der Waals surface area contributed by atoms with Crippen molar-refractivity contribution in [2.75, 3.05) is 32.7 Å². The smallest absolute Gasteiger partial charge is 0.310 e. The maximum atomic E-state index is 11.9. The Hall–Kier alpha value is -1.40. The highest BCUT2D eigenvalue weighted by atomic mass is 16.4. The Labute approximate surface area is 112 Å². The molecule has 1 saturated heterocycles. The van der Waals surface area contributed by atoms with Crippen LogP contribution in [0.15, 0.2) is 12.2 Å². The predicted molar refractivity (Wildman–Crippen MR) is 70.7 cm³/mol. The summed E-state index contributed by atoms with van der Waals surface area (Å²) in [4.78, 5) is 24.8. The molecule has 0 saturated carbocycles. The van der Waals surface area contributed by atoms with Crippen LogP contribution in [0.1, 0.15) is 12.8 Å². The Balaban J connectivity index is 1.72. The second-order valence-electron chi connectivity index (χ2n) is 5.12. The minimum absolute atomic E-state index is 0.0254. The number of nitrogens with one attached hydrogen (secondary N) is 2. The fourth-order valence-electron chi connectivity index (χ4n) is 2.50. The van der Waals surface area contributed by atoms with Gasteiger partial charge in [-0.15, -0.1) is 0 Å². The first-order chi connectivity index (χ1) is 9.15. The molecule has 0 aromatic rings. The lowest BCUT2D eigenvalue weighted by atomic mass is 10.1. The third-order valence-corrected chi connectivity index (χ3v) is 3.55. The summed E-state index contributed by atoms with van der Waals surface area (Å²) in [5.74, 6) is -1.32. The quantitative estimate of drug-likeness (QED) is 0.594. The second kappa shape index (κ2) is 6.68. The van der Waals surface area contributed by atoms with Crippen LogP contribution in [0.5, 0.6) is 0 Å². The third kappa shape index (κ3) is 4.33. The lowest BCUT2D eigenvalue weighted by Crippen LogP contribution is -2.42. The van der Waals surface area contributed by atoms with E-state index in [0.29, 0.717) is 13.0 Å². The van der Waals surface area contributed by atoms with Gasteiger partial charge in [0.25, 0.3) is 0 Å². The van der Waals surface area contributed by atoms with Gasteiger partial charge in [0.2, 0.25) is 5.91 Å². The second-order valence-corrected chi connectivity index (χ2v) is 5.12. The SMILES string of the molecule is O=C(CN1CCCNCC1)NC1C=CC(C(=O)O)C1. The molecular weight excluding hydrogens is 246 g/mol. The number of carboxylic acid groups (broad SMARTS) is 1. The van der Waals surface area contributed by atoms with Crippen molar-refractivity contribution in [3.63, 3.8) is 0 Å². The van der Waals surface area contributed by atoms with Crippen molar-refractivity contribution in [1.82, 2.24) is 15.5 Å². The number of hydrogen-bond acceptors (Lipinski definition) is 4. The summed E-state index contributed by atoms with van der Waals surface area (Å²) in [6, 6.07) is -0.140. The number of amides is 1. The topological polar surface area (TPSA) is 81.7 Å². The lowest BCUT2D eigenvalue weighted by Gasteiger charge is -2.20. The molecule has 6 heteroatoms. The number of aliphatic carboxylic acids is 1. The fraction of sp³-hybridized carbons (Fsp3) is 0.692. The zero-order valence-electron chi connectivity index (χ0n) is 11.0. The standard InChI is InChI=1S/C13H21N3O3/c17-12(9-16-6-1-4-14-5-7-16)15-11-3-2-10(8-11)13(18)19/h2-3,10-11,14H,1,4-9H2,(H,15,17)(H,18,19). The van der Waals surface area contributed by atoms with Crippen molar-refractivity contribution in [3.8, 4) is 0 Å². The molecule has 2 aliphatic rings. The summed E-state index contributed by atoms with van der Waals surface area (Å²) in [7, 11) is 0. The zero-order chi connectivity index (χ0) is 13.7. The van der Waals surface area contributed by atoms with Crippen LogP contribution in [0, 0.1) is 5.92 Å². The fourth-order valence-corrected chi connectivity index (χ4v) is 2.50. The van der Waals surface area contributed by atoms with Crippen LogP contribution in [0.2, 0.25) is 0 Å². The molecule has 1 heterocycles. The molecule has 1 aliphatic carbocycles. The largest absolute Gasteiger partial charge is 0.481 e. The minimum atomic E-state index is -0.827. The highest BCUT2D eigenvalue weighted by Crippen LogP contribution is 2.17. The molecular formula is C13H21N3O3. The highest BCUT2D eigenvalue weighted by Gasteiger charge is 2.25. The van der Waals surface area contributed by atoms with Crippen LogP contribution in [-0.2, 0) is 9.59 Å². The predicted octanol–water partition coefficient (Wildman–Crippen LogP) is -0.573. The highest BCUT2D eigenvalue weighted by molar-refractivity contribution is 5.79. The normalized spacial score (nSPS) is 28.0. The number of carbonyl (C=O) groups excluding carboxylic acids is 1. The molecule has 0 radical (unpaired) electrons. The molecule has 0 aromatic carbocycles. The van der Waals surface area contributed by atoms with Gasteiger partial charge in [0, 0.05) is 19.1 Å². The molecule has 1 fully saturated rings. The molecule has 3 N–H and O–H groups in total. The van der Waals surface area contributed by atoms with Crippen LogP contribution in [0.4, 0.5) is 0 Å². The Bertz CT molecular complexity index is 362. The van der Waals surface area contributed by atoms with Gasteiger partial charge in [0.05, 0.1) is 12.5 Å². The van der Waals surface area contributed by atoms with Crippen molar-refractivity contribution in [2.24, 2.45) is 5.92 Å². The first-order valence-corrected chi connectivity index (χ1v) is 6.79. The number of nitrogens with zero attached hydrogens (tertiary/aromatic N) is 1. The van der Waals surface area contributed by atoms with E-state index in [4.69, 9.17) is 5.11 Å². The average Bonchev–Trinajstić information content (AvgIpc) is 2.67. The van der Waals surface area contributed by atoms with Crippen LogP contribution < -0.4 is 10.6 Å². The van der Waals surface area contributed by atoms with Crippen LogP contribution in [-0.4, -0.2) is 60.6 Å². The first-order valence-electron chi connectivity index (χ1n) is 6.79. The zero-order valence-corrected chi connectivity index (χ0v) is 11.0. The van der Waals surface area contributed by atoms with E-state index >= 15 is 0 Å². The van der Waals surface area contributed by atoms with Crippen molar-refractivity contribution >= 4 is 11.9 Å². The van der Waals surface area contributed by atoms with Gasteiger partial charge in [-0.05, 0) is 25.9 Å². The molecule has 2 rings (SSSR count). The maximum Gasteiger partial charge on any atom is 0.310 e. The molecule has 6 nitrogen and oxygen atoms in total. The Morgan fingerprint density at radius 2 is 2.16 bits per heavy atom. The summed E-state index contributed by atoms with van der Waals surface area (Å²) in [6.07, 6.45) is 4.95. The molecule has 0 bridgehead atoms. The summed E-state index contributed by atoms with van der Waals surface area (Å²) in [5, 5.41) is 15.1. The summed E-state index contributed by atoms with van der Waals surface area (Å²) < 4.78 is 0. The molecule has 1 amide bonds. The van der Waals surface area contributed by atoms with Gasteiger partial charge in [-0.25, -0.2) is 0 Å². The van der Waals surface area contributed by atoms with Gasteiger partial charge >= 0.3 is 5.97 Å². The molecule has 19 heavy (non-hydrogen) atoms. The van der Waals surface area contributed by atoms with Crippen LogP contribution in [0.25, 0.3) is 0 Å². The van der Waals surface area contributed by atoms with Gasteiger partial charge in [0.1, 0.15) is 0 Å². The van der Waals surface area contributed by atoms with Crippen molar-refractivity contribution < 1.29 is 14.7 Å². The number of carboxylic acids is 1. The Morgan fingerprint density at radius 1 is 1.32 bits per heavy atom. The van der Waals surface area contributed by atoms with E-state index in [2.05, 4.69) is 15.5 Å². The van der Waals surface area contributed by atoms with Gasteiger partial charge < -0.3 is 15.7 Å². The van der Waals surface area contributed by atoms with Crippen molar-refractivity contribution in [2.45, 2.75) is 18.9 Å². The van der Waals surface area contributed by atoms with E-state index in [-0.39, 0.29) is 11.9 Å². The number of rotatable bonds is 4. The minimum Gasteiger partial charge on any atom is -0.481 e. The van der Waals surface area contributed by atoms with E-state index in [9.17, 15) is 9.59 Å². The van der Waals surface area contributed by atoms with Crippen LogP contribution >= 0.6 is 0 Å². The van der Waals surface area contributed by atoms with Gasteiger partial charge in [-0.1, -0.05) is 12.2 Å². The summed E-state index contributed by atoms with van der Waals surface area (Å²) >= 11 is 0. The number of carbonyl (C=O) groups is 2.